The van der Waals surface area contributed by atoms with E-state index in [-0.39, 0.29) is 0 Å². The molecule has 19 heavy (non-hydrogen) atoms. The lowest BCUT2D eigenvalue weighted by Gasteiger charge is -2.29. The molecule has 0 saturated carbocycles. The minimum Gasteiger partial charge on any atom is -0.375 e. The molecule has 0 radical (unpaired) electrons. The molecule has 2 aromatic rings. The van der Waals surface area contributed by atoms with Crippen molar-refractivity contribution < 1.29 is 5.11 Å². The fourth-order valence-corrected chi connectivity index (χ4v) is 2.69. The van der Waals surface area contributed by atoms with Crippen molar-refractivity contribution in [3.05, 3.63) is 71.8 Å². The first kappa shape index (κ1) is 12.1. The largest absolute Gasteiger partial charge is 0.375 e. The minimum atomic E-state index is -1.08. The first-order valence-corrected chi connectivity index (χ1v) is 6.69. The van der Waals surface area contributed by atoms with E-state index in [4.69, 9.17) is 0 Å². The quantitative estimate of drug-likeness (QED) is 0.893. The second-order valence-electron chi connectivity index (χ2n) is 4.87. The topological polar surface area (TPSA) is 32.6 Å². The molecule has 1 aliphatic heterocycles. The summed E-state index contributed by atoms with van der Waals surface area (Å²) in [5, 5.41) is 11.3. The Kier molecular flexibility index (Phi) is 3.18. The fraction of sp³-hybridized carbons (Fsp3) is 0.235. The molecule has 3 rings (SSSR count). The number of benzene rings is 2. The van der Waals surface area contributed by atoms with Crippen LogP contribution in [0.15, 0.2) is 65.7 Å². The van der Waals surface area contributed by atoms with Crippen LogP contribution in [0.1, 0.15) is 24.0 Å². The van der Waals surface area contributed by atoms with Crippen LogP contribution in [0.2, 0.25) is 0 Å². The Labute approximate surface area is 113 Å². The molecular weight excluding hydrogens is 234 g/mol. The predicted molar refractivity (Wildman–Crippen MR) is 77.4 cm³/mol. The van der Waals surface area contributed by atoms with Crippen LogP contribution in [-0.4, -0.2) is 17.4 Å². The van der Waals surface area contributed by atoms with Crippen molar-refractivity contribution in [1.29, 1.82) is 0 Å². The first-order chi connectivity index (χ1) is 9.32. The van der Waals surface area contributed by atoms with Gasteiger partial charge in [0.1, 0.15) is 0 Å². The molecule has 0 spiro atoms. The molecule has 2 nitrogen and oxygen atoms in total. The van der Waals surface area contributed by atoms with Crippen molar-refractivity contribution in [3.63, 3.8) is 0 Å². The summed E-state index contributed by atoms with van der Waals surface area (Å²) >= 11 is 0. The highest BCUT2D eigenvalue weighted by Crippen LogP contribution is 2.34. The molecule has 0 fully saturated rings. The summed E-state index contributed by atoms with van der Waals surface area (Å²) in [5.74, 6) is 0. The van der Waals surface area contributed by atoms with Crippen LogP contribution in [0.4, 0.5) is 0 Å². The van der Waals surface area contributed by atoms with Crippen molar-refractivity contribution in [1.82, 2.24) is 0 Å². The highest BCUT2D eigenvalue weighted by molar-refractivity contribution is 5.97. The lowest BCUT2D eigenvalue weighted by molar-refractivity contribution is 0.154. The van der Waals surface area contributed by atoms with Crippen LogP contribution in [0.25, 0.3) is 0 Å². The van der Waals surface area contributed by atoms with Gasteiger partial charge in [0, 0.05) is 6.54 Å². The molecule has 0 aromatic heterocycles. The summed E-state index contributed by atoms with van der Waals surface area (Å²) in [6.45, 7) is 0.817. The second kappa shape index (κ2) is 4.98. The van der Waals surface area contributed by atoms with Crippen LogP contribution in [0.3, 0.4) is 0 Å². The van der Waals surface area contributed by atoms with Gasteiger partial charge in [-0.3, -0.25) is 4.99 Å². The van der Waals surface area contributed by atoms with Gasteiger partial charge in [0.05, 0.1) is 5.71 Å². The van der Waals surface area contributed by atoms with Gasteiger partial charge < -0.3 is 5.11 Å². The third-order valence-electron chi connectivity index (χ3n) is 3.68. The zero-order chi connectivity index (χ0) is 13.1. The van der Waals surface area contributed by atoms with Crippen LogP contribution in [0, 0.1) is 0 Å². The summed E-state index contributed by atoms with van der Waals surface area (Å²) < 4.78 is 0. The highest BCUT2D eigenvalue weighted by Gasteiger charge is 2.37. The molecule has 0 amide bonds. The lowest BCUT2D eigenvalue weighted by Crippen LogP contribution is -2.36. The molecular formula is C17H17NO. The molecule has 0 saturated heterocycles. The van der Waals surface area contributed by atoms with Gasteiger partial charge in [-0.2, -0.15) is 0 Å². The Hall–Kier alpha value is -1.93. The second-order valence-corrected chi connectivity index (χ2v) is 4.87. The number of aliphatic imine (C=N–C) groups is 1. The third-order valence-corrected chi connectivity index (χ3v) is 3.68. The zero-order valence-corrected chi connectivity index (χ0v) is 10.8. The Morgan fingerprint density at radius 1 is 0.842 bits per heavy atom. The predicted octanol–water partition coefficient (Wildman–Crippen LogP) is 3.16. The molecule has 0 atom stereocenters. The molecule has 1 N–H and O–H groups in total. The van der Waals surface area contributed by atoms with E-state index >= 15 is 0 Å². The Morgan fingerprint density at radius 3 is 1.79 bits per heavy atom. The van der Waals surface area contributed by atoms with Gasteiger partial charge in [0.25, 0.3) is 0 Å². The van der Waals surface area contributed by atoms with Crippen LogP contribution in [-0.2, 0) is 5.60 Å². The van der Waals surface area contributed by atoms with E-state index in [9.17, 15) is 5.11 Å². The van der Waals surface area contributed by atoms with Gasteiger partial charge in [-0.05, 0) is 24.0 Å². The van der Waals surface area contributed by atoms with Gasteiger partial charge in [-0.15, -0.1) is 0 Å². The van der Waals surface area contributed by atoms with Crippen molar-refractivity contribution in [2.75, 3.05) is 6.54 Å². The van der Waals surface area contributed by atoms with E-state index in [1.54, 1.807) is 0 Å². The summed E-state index contributed by atoms with van der Waals surface area (Å²) in [4.78, 5) is 4.53. The van der Waals surface area contributed by atoms with E-state index in [0.717, 1.165) is 36.2 Å². The summed E-state index contributed by atoms with van der Waals surface area (Å²) in [6.07, 6.45) is 1.89. The SMILES string of the molecule is OC(C1=NCCC1)(c1ccccc1)c1ccccc1. The van der Waals surface area contributed by atoms with Gasteiger partial charge in [-0.25, -0.2) is 0 Å². The molecule has 0 unspecified atom stereocenters. The Morgan fingerprint density at radius 2 is 1.37 bits per heavy atom. The van der Waals surface area contributed by atoms with Gasteiger partial charge in [-0.1, -0.05) is 60.7 Å². The maximum atomic E-state index is 11.3. The summed E-state index contributed by atoms with van der Waals surface area (Å²) in [7, 11) is 0. The van der Waals surface area contributed by atoms with Crippen molar-refractivity contribution in [3.8, 4) is 0 Å². The summed E-state index contributed by atoms with van der Waals surface area (Å²) in [6, 6.07) is 19.6. The van der Waals surface area contributed by atoms with Crippen LogP contribution in [0.5, 0.6) is 0 Å². The maximum absolute atomic E-state index is 11.3. The Bertz CT molecular complexity index is 535. The molecule has 2 aromatic carbocycles. The lowest BCUT2D eigenvalue weighted by atomic mass is 9.81. The number of nitrogens with zero attached hydrogens (tertiary/aromatic N) is 1. The highest BCUT2D eigenvalue weighted by atomic mass is 16.3. The molecule has 1 aliphatic rings. The van der Waals surface area contributed by atoms with Crippen molar-refractivity contribution in [2.24, 2.45) is 4.99 Å². The van der Waals surface area contributed by atoms with Gasteiger partial charge >= 0.3 is 0 Å². The van der Waals surface area contributed by atoms with Gasteiger partial charge in [0.15, 0.2) is 5.60 Å². The monoisotopic (exact) mass is 251 g/mol. The zero-order valence-electron chi connectivity index (χ0n) is 10.8. The fourth-order valence-electron chi connectivity index (χ4n) is 2.69. The smallest absolute Gasteiger partial charge is 0.153 e. The van der Waals surface area contributed by atoms with Crippen LogP contribution < -0.4 is 0 Å². The normalized spacial score (nSPS) is 15.3. The van der Waals surface area contributed by atoms with E-state index in [1.807, 2.05) is 60.7 Å². The average Bonchev–Trinajstić information content (AvgIpc) is 3.03. The number of rotatable bonds is 3. The maximum Gasteiger partial charge on any atom is 0.153 e. The Balaban J connectivity index is 2.16. The number of hydrogen-bond acceptors (Lipinski definition) is 2. The first-order valence-electron chi connectivity index (χ1n) is 6.69. The molecule has 1 heterocycles. The standard InChI is InChI=1S/C17H17NO/c19-17(16-12-7-13-18-16,14-8-3-1-4-9-14)15-10-5-2-6-11-15/h1-6,8-11,19H,7,12-13H2. The summed E-state index contributed by atoms with van der Waals surface area (Å²) in [5.41, 5.74) is 1.58. The average molecular weight is 251 g/mol. The number of aliphatic hydroxyl groups is 1. The minimum absolute atomic E-state index is 0.817. The van der Waals surface area contributed by atoms with Gasteiger partial charge in [0.2, 0.25) is 0 Å². The number of hydrogen-bond donors (Lipinski definition) is 1. The van der Waals surface area contributed by atoms with E-state index in [2.05, 4.69) is 4.99 Å². The van der Waals surface area contributed by atoms with Crippen molar-refractivity contribution in [2.45, 2.75) is 18.4 Å². The molecule has 0 bridgehead atoms. The van der Waals surface area contributed by atoms with E-state index in [0.29, 0.717) is 0 Å². The van der Waals surface area contributed by atoms with Crippen molar-refractivity contribution >= 4 is 5.71 Å². The van der Waals surface area contributed by atoms with Crippen LogP contribution >= 0.6 is 0 Å². The molecule has 2 heteroatoms. The van der Waals surface area contributed by atoms with E-state index < -0.39 is 5.60 Å². The molecule has 96 valence electrons. The molecule has 0 aliphatic carbocycles. The van der Waals surface area contributed by atoms with E-state index in [1.165, 1.54) is 0 Å². The third kappa shape index (κ3) is 2.08.